The highest BCUT2D eigenvalue weighted by atomic mass is 16.3. The SMILES string of the molecule is O=C1NC(=O)C(c2nn(CCO)c3ccccc23)=C1c1cn(-c2cncnc2)c2ccccc12. The molecule has 0 bridgehead atoms. The summed E-state index contributed by atoms with van der Waals surface area (Å²) in [5.74, 6) is -0.979. The van der Waals surface area contributed by atoms with Gasteiger partial charge >= 0.3 is 0 Å². The lowest BCUT2D eigenvalue weighted by Gasteiger charge is -2.03. The molecule has 0 saturated heterocycles. The van der Waals surface area contributed by atoms with Gasteiger partial charge in [-0.2, -0.15) is 5.10 Å². The first kappa shape index (κ1) is 20.0. The summed E-state index contributed by atoms with van der Waals surface area (Å²) >= 11 is 0. The van der Waals surface area contributed by atoms with Crippen molar-refractivity contribution in [2.45, 2.75) is 6.54 Å². The lowest BCUT2D eigenvalue weighted by molar-refractivity contribution is -0.122. The summed E-state index contributed by atoms with van der Waals surface area (Å²) in [5.41, 5.74) is 3.84. The van der Waals surface area contributed by atoms with Crippen molar-refractivity contribution in [1.29, 1.82) is 0 Å². The molecule has 0 aliphatic carbocycles. The Balaban J connectivity index is 1.66. The minimum absolute atomic E-state index is 0.102. The van der Waals surface area contributed by atoms with Crippen molar-refractivity contribution < 1.29 is 14.7 Å². The highest BCUT2D eigenvalue weighted by molar-refractivity contribution is 6.50. The number of rotatable bonds is 5. The van der Waals surface area contributed by atoms with E-state index < -0.39 is 11.8 Å². The number of nitrogens with zero attached hydrogens (tertiary/aromatic N) is 5. The number of nitrogens with one attached hydrogen (secondary N) is 1. The molecule has 0 atom stereocenters. The van der Waals surface area contributed by atoms with Crippen LogP contribution < -0.4 is 5.32 Å². The Morgan fingerprint density at radius 1 is 0.853 bits per heavy atom. The molecule has 6 rings (SSSR count). The van der Waals surface area contributed by atoms with E-state index in [9.17, 15) is 14.7 Å². The summed E-state index contributed by atoms with van der Waals surface area (Å²) < 4.78 is 3.55. The molecule has 0 spiro atoms. The number of fused-ring (bicyclic) bond motifs is 2. The fourth-order valence-corrected chi connectivity index (χ4v) is 4.52. The van der Waals surface area contributed by atoms with Gasteiger partial charge in [0.2, 0.25) is 0 Å². The molecule has 9 heteroatoms. The zero-order valence-corrected chi connectivity index (χ0v) is 17.8. The summed E-state index contributed by atoms with van der Waals surface area (Å²) in [6.45, 7) is 0.167. The number of imide groups is 1. The van der Waals surface area contributed by atoms with Crippen LogP contribution in [0, 0.1) is 0 Å². The van der Waals surface area contributed by atoms with E-state index in [0.29, 0.717) is 11.3 Å². The largest absolute Gasteiger partial charge is 0.394 e. The van der Waals surface area contributed by atoms with Crippen LogP contribution >= 0.6 is 0 Å². The first-order valence-electron chi connectivity index (χ1n) is 10.7. The second-order valence-corrected chi connectivity index (χ2v) is 7.87. The number of hydrogen-bond donors (Lipinski definition) is 2. The van der Waals surface area contributed by atoms with Gasteiger partial charge in [-0.3, -0.25) is 19.6 Å². The monoisotopic (exact) mass is 450 g/mol. The van der Waals surface area contributed by atoms with Crippen LogP contribution in [0.2, 0.25) is 0 Å². The number of para-hydroxylation sites is 2. The minimum Gasteiger partial charge on any atom is -0.394 e. The maximum absolute atomic E-state index is 13.1. The number of amides is 2. The molecule has 3 aromatic heterocycles. The summed E-state index contributed by atoms with van der Waals surface area (Å²) in [7, 11) is 0. The summed E-state index contributed by atoms with van der Waals surface area (Å²) in [5, 5.41) is 18.1. The van der Waals surface area contributed by atoms with E-state index in [1.54, 1.807) is 17.1 Å². The van der Waals surface area contributed by atoms with E-state index in [1.807, 2.05) is 59.3 Å². The second-order valence-electron chi connectivity index (χ2n) is 7.87. The molecule has 34 heavy (non-hydrogen) atoms. The number of aliphatic hydroxyl groups excluding tert-OH is 1. The van der Waals surface area contributed by atoms with Gasteiger partial charge in [-0.05, 0) is 12.1 Å². The molecular formula is C25H18N6O3. The van der Waals surface area contributed by atoms with Crippen LogP contribution in [-0.4, -0.2) is 47.8 Å². The lowest BCUT2D eigenvalue weighted by Crippen LogP contribution is -2.22. The van der Waals surface area contributed by atoms with Gasteiger partial charge in [0.25, 0.3) is 11.8 Å². The van der Waals surface area contributed by atoms with Gasteiger partial charge in [0.1, 0.15) is 12.0 Å². The van der Waals surface area contributed by atoms with Crippen LogP contribution in [0.25, 0.3) is 38.6 Å². The first-order chi connectivity index (χ1) is 16.7. The third kappa shape index (κ3) is 2.95. The third-order valence-electron chi connectivity index (χ3n) is 5.94. The van der Waals surface area contributed by atoms with Gasteiger partial charge in [-0.1, -0.05) is 36.4 Å². The molecule has 2 aromatic carbocycles. The van der Waals surface area contributed by atoms with Gasteiger partial charge in [-0.25, -0.2) is 9.97 Å². The van der Waals surface area contributed by atoms with Crippen LogP contribution in [0.4, 0.5) is 0 Å². The van der Waals surface area contributed by atoms with Crippen LogP contribution in [0.1, 0.15) is 11.3 Å². The number of hydrogen-bond acceptors (Lipinski definition) is 6. The Hall–Kier alpha value is -4.63. The molecule has 0 fully saturated rings. The summed E-state index contributed by atoms with van der Waals surface area (Å²) in [4.78, 5) is 34.4. The van der Waals surface area contributed by atoms with Crippen molar-refractivity contribution in [3.63, 3.8) is 0 Å². The van der Waals surface area contributed by atoms with Crippen LogP contribution in [-0.2, 0) is 16.1 Å². The van der Waals surface area contributed by atoms with E-state index in [0.717, 1.165) is 27.5 Å². The average Bonchev–Trinajstić information content (AvgIpc) is 3.51. The molecule has 0 saturated carbocycles. The van der Waals surface area contributed by atoms with E-state index in [4.69, 9.17) is 0 Å². The Kier molecular flexibility index (Phi) is 4.56. The first-order valence-corrected chi connectivity index (χ1v) is 10.7. The number of aliphatic hydroxyl groups is 1. The highest BCUT2D eigenvalue weighted by Gasteiger charge is 2.36. The minimum atomic E-state index is -0.501. The standard InChI is InChI=1S/C25H18N6O3/c32-10-9-31-20-8-4-2-6-17(20)23(29-31)22-21(24(33)28-25(22)34)18-13-30(15-11-26-14-27-12-15)19-7-3-1-5-16(18)19/h1-8,11-14,32H,9-10H2,(H,28,33,34). The zero-order valence-electron chi connectivity index (χ0n) is 17.8. The Morgan fingerprint density at radius 2 is 1.53 bits per heavy atom. The van der Waals surface area contributed by atoms with Crippen LogP contribution in [0.3, 0.4) is 0 Å². The van der Waals surface area contributed by atoms with Gasteiger partial charge in [0.15, 0.2) is 0 Å². The summed E-state index contributed by atoms with van der Waals surface area (Å²) in [6, 6.07) is 15.1. The van der Waals surface area contributed by atoms with Gasteiger partial charge in [0, 0.05) is 22.5 Å². The average molecular weight is 450 g/mol. The smallest absolute Gasteiger partial charge is 0.261 e. The molecule has 0 unspecified atom stereocenters. The van der Waals surface area contributed by atoms with E-state index >= 15 is 0 Å². The fraction of sp³-hybridized carbons (Fsp3) is 0.0800. The molecule has 1 aliphatic rings. The lowest BCUT2D eigenvalue weighted by atomic mass is 9.97. The molecule has 2 N–H and O–H groups in total. The zero-order chi connectivity index (χ0) is 23.2. The molecule has 5 aromatic rings. The van der Waals surface area contributed by atoms with Gasteiger partial charge in [0.05, 0.1) is 53.4 Å². The Labute approximate surface area is 193 Å². The Morgan fingerprint density at radius 3 is 2.29 bits per heavy atom. The van der Waals surface area contributed by atoms with Crippen molar-refractivity contribution >= 4 is 44.8 Å². The van der Waals surface area contributed by atoms with Crippen molar-refractivity contribution in [3.8, 4) is 5.69 Å². The molecule has 9 nitrogen and oxygen atoms in total. The van der Waals surface area contributed by atoms with Crippen molar-refractivity contribution in [1.82, 2.24) is 29.6 Å². The van der Waals surface area contributed by atoms with Crippen LogP contribution in [0.15, 0.2) is 73.4 Å². The molecule has 166 valence electrons. The van der Waals surface area contributed by atoms with Gasteiger partial charge in [-0.15, -0.1) is 0 Å². The molecule has 1 aliphatic heterocycles. The topological polar surface area (TPSA) is 115 Å². The Bertz CT molecular complexity index is 1630. The summed E-state index contributed by atoms with van der Waals surface area (Å²) in [6.07, 6.45) is 6.64. The fourth-order valence-electron chi connectivity index (χ4n) is 4.52. The van der Waals surface area contributed by atoms with E-state index in [1.165, 1.54) is 6.33 Å². The number of benzene rings is 2. The molecule has 0 radical (unpaired) electrons. The predicted molar refractivity (Wildman–Crippen MR) is 126 cm³/mol. The number of carbonyl (C=O) groups excluding carboxylic acids is 2. The van der Waals surface area contributed by atoms with Crippen molar-refractivity contribution in [2.75, 3.05) is 6.61 Å². The highest BCUT2D eigenvalue weighted by Crippen LogP contribution is 2.38. The van der Waals surface area contributed by atoms with Crippen LogP contribution in [0.5, 0.6) is 0 Å². The van der Waals surface area contributed by atoms with Gasteiger partial charge < -0.3 is 9.67 Å². The third-order valence-corrected chi connectivity index (χ3v) is 5.94. The normalized spacial score (nSPS) is 13.9. The van der Waals surface area contributed by atoms with E-state index in [-0.39, 0.29) is 24.3 Å². The quantitative estimate of drug-likeness (QED) is 0.397. The second kappa shape index (κ2) is 7.75. The maximum Gasteiger partial charge on any atom is 0.261 e. The predicted octanol–water partition coefficient (Wildman–Crippen LogP) is 2.33. The molecule has 4 heterocycles. The number of aromatic nitrogens is 5. The van der Waals surface area contributed by atoms with Crippen molar-refractivity contribution in [3.05, 3.63) is 84.7 Å². The van der Waals surface area contributed by atoms with E-state index in [2.05, 4.69) is 20.4 Å². The molecular weight excluding hydrogens is 432 g/mol. The van der Waals surface area contributed by atoms with Crippen molar-refractivity contribution in [2.24, 2.45) is 0 Å². The maximum atomic E-state index is 13.1. The number of carbonyl (C=O) groups is 2. The molecule has 2 amide bonds.